The van der Waals surface area contributed by atoms with Gasteiger partial charge in [0, 0.05) is 22.3 Å². The van der Waals surface area contributed by atoms with E-state index < -0.39 is 0 Å². The molecule has 5 nitrogen and oxygen atoms in total. The van der Waals surface area contributed by atoms with Gasteiger partial charge in [-0.1, -0.05) is 71.0 Å². The molecule has 150 valence electrons. The van der Waals surface area contributed by atoms with Crippen molar-refractivity contribution in [1.29, 1.82) is 0 Å². The van der Waals surface area contributed by atoms with Crippen molar-refractivity contribution in [1.82, 2.24) is 14.8 Å². The highest BCUT2D eigenvalue weighted by Crippen LogP contribution is 2.26. The van der Waals surface area contributed by atoms with E-state index in [2.05, 4.69) is 44.9 Å². The summed E-state index contributed by atoms with van der Waals surface area (Å²) in [5.41, 5.74) is 4.07. The molecular weight excluding hydrogens is 448 g/mol. The number of para-hydroxylation sites is 1. The molecule has 0 spiro atoms. The van der Waals surface area contributed by atoms with E-state index in [1.54, 1.807) is 6.08 Å². The summed E-state index contributed by atoms with van der Waals surface area (Å²) in [6.07, 6.45) is 2.67. The summed E-state index contributed by atoms with van der Waals surface area (Å²) in [5, 5.41) is 12.4. The number of carbonyl (C=O) groups excluding carboxylic acids is 1. The van der Waals surface area contributed by atoms with Gasteiger partial charge in [-0.2, -0.15) is 0 Å². The molecule has 0 aliphatic rings. The molecule has 3 aromatic rings. The monoisotopic (exact) mass is 470 g/mol. The Morgan fingerprint density at radius 3 is 2.69 bits per heavy atom. The van der Waals surface area contributed by atoms with Gasteiger partial charge in [0.2, 0.25) is 5.91 Å². The highest BCUT2D eigenvalue weighted by molar-refractivity contribution is 9.10. The second-order valence-electron chi connectivity index (χ2n) is 6.51. The van der Waals surface area contributed by atoms with E-state index in [0.29, 0.717) is 11.7 Å². The van der Waals surface area contributed by atoms with Crippen LogP contribution < -0.4 is 5.32 Å². The number of rotatable bonds is 8. The molecule has 0 saturated heterocycles. The summed E-state index contributed by atoms with van der Waals surface area (Å²) in [6.45, 7) is 8.49. The second kappa shape index (κ2) is 9.89. The van der Waals surface area contributed by atoms with Crippen LogP contribution >= 0.6 is 27.7 Å². The maximum absolute atomic E-state index is 12.6. The van der Waals surface area contributed by atoms with Crippen LogP contribution in [0.5, 0.6) is 0 Å². The molecule has 0 aliphatic carbocycles. The zero-order valence-corrected chi connectivity index (χ0v) is 18.9. The van der Waals surface area contributed by atoms with Crippen molar-refractivity contribution in [2.45, 2.75) is 32.0 Å². The lowest BCUT2D eigenvalue weighted by atomic mass is 10.1. The Kier molecular flexibility index (Phi) is 7.28. The number of nitrogens with one attached hydrogen (secondary N) is 1. The van der Waals surface area contributed by atoms with Gasteiger partial charge < -0.3 is 5.32 Å². The first-order chi connectivity index (χ1) is 14.0. The molecule has 0 radical (unpaired) electrons. The number of allylic oxidation sites excluding steroid dienone is 1. The molecule has 2 aromatic carbocycles. The molecule has 0 saturated carbocycles. The van der Waals surface area contributed by atoms with Gasteiger partial charge in [-0.05, 0) is 36.6 Å². The van der Waals surface area contributed by atoms with Crippen molar-refractivity contribution in [3.05, 3.63) is 70.7 Å². The molecule has 0 fully saturated rings. The van der Waals surface area contributed by atoms with Gasteiger partial charge in [0.15, 0.2) is 11.0 Å². The van der Waals surface area contributed by atoms with E-state index in [1.165, 1.54) is 11.8 Å². The maximum Gasteiger partial charge on any atom is 0.234 e. The number of aromatic nitrogens is 3. The van der Waals surface area contributed by atoms with Crippen LogP contribution in [0.25, 0.3) is 11.4 Å². The Bertz CT molecular complexity index is 1010. The molecule has 3 rings (SSSR count). The molecule has 0 aliphatic heterocycles. The largest absolute Gasteiger partial charge is 0.325 e. The topological polar surface area (TPSA) is 59.8 Å². The fourth-order valence-corrected chi connectivity index (χ4v) is 4.02. The standard InChI is InChI=1S/C22H23BrN4OS/c1-4-13-27-21(17-9-11-18(23)12-10-17)25-26-22(27)29-14-19(28)24-20-15(3)7-6-8-16(20)5-2/h4,6-12H,1,5,13-14H2,2-3H3,(H,24,28). The van der Waals surface area contributed by atoms with Gasteiger partial charge in [-0.25, -0.2) is 0 Å². The average molecular weight is 471 g/mol. The lowest BCUT2D eigenvalue weighted by Crippen LogP contribution is -2.16. The smallest absolute Gasteiger partial charge is 0.234 e. The van der Waals surface area contributed by atoms with E-state index in [1.807, 2.05) is 54.0 Å². The third kappa shape index (κ3) is 5.16. The molecule has 29 heavy (non-hydrogen) atoms. The first-order valence-electron chi connectivity index (χ1n) is 9.34. The number of nitrogens with zero attached hydrogens (tertiary/aromatic N) is 3. The number of halogens is 1. The summed E-state index contributed by atoms with van der Waals surface area (Å²) < 4.78 is 2.98. The zero-order valence-electron chi connectivity index (χ0n) is 16.5. The molecule has 0 atom stereocenters. The van der Waals surface area contributed by atoms with Crippen molar-refractivity contribution in [3.8, 4) is 11.4 Å². The predicted octanol–water partition coefficient (Wildman–Crippen LogP) is 5.50. The quantitative estimate of drug-likeness (QED) is 0.349. The van der Waals surface area contributed by atoms with Crippen molar-refractivity contribution in [2.24, 2.45) is 0 Å². The second-order valence-corrected chi connectivity index (χ2v) is 8.37. The van der Waals surface area contributed by atoms with Crippen molar-refractivity contribution < 1.29 is 4.79 Å². The van der Waals surface area contributed by atoms with Gasteiger partial charge in [0.1, 0.15) is 0 Å². The number of aryl methyl sites for hydroxylation is 2. The molecule has 1 aromatic heterocycles. The van der Waals surface area contributed by atoms with Gasteiger partial charge in [-0.15, -0.1) is 16.8 Å². The number of benzene rings is 2. The van der Waals surface area contributed by atoms with Crippen LogP contribution in [0.2, 0.25) is 0 Å². The number of carbonyl (C=O) groups is 1. The van der Waals surface area contributed by atoms with Crippen LogP contribution in [0, 0.1) is 6.92 Å². The SMILES string of the molecule is C=CCn1c(SCC(=O)Nc2c(C)cccc2CC)nnc1-c1ccc(Br)cc1. The first-order valence-corrected chi connectivity index (χ1v) is 11.1. The number of anilines is 1. The highest BCUT2D eigenvalue weighted by Gasteiger charge is 2.16. The Morgan fingerprint density at radius 2 is 2.00 bits per heavy atom. The summed E-state index contributed by atoms with van der Waals surface area (Å²) in [7, 11) is 0. The number of amides is 1. The summed E-state index contributed by atoms with van der Waals surface area (Å²) in [6, 6.07) is 14.0. The van der Waals surface area contributed by atoms with Gasteiger partial charge in [0.05, 0.1) is 5.75 Å². The van der Waals surface area contributed by atoms with Crippen molar-refractivity contribution in [3.63, 3.8) is 0 Å². The van der Waals surface area contributed by atoms with Crippen LogP contribution in [0.3, 0.4) is 0 Å². The lowest BCUT2D eigenvalue weighted by Gasteiger charge is -2.13. The fourth-order valence-electron chi connectivity index (χ4n) is 3.01. The Labute approximate surface area is 183 Å². The normalized spacial score (nSPS) is 10.7. The molecule has 0 bridgehead atoms. The van der Waals surface area contributed by atoms with Crippen LogP contribution in [0.15, 0.2) is 64.7 Å². The van der Waals surface area contributed by atoms with E-state index >= 15 is 0 Å². The molecular formula is C22H23BrN4OS. The van der Waals surface area contributed by atoms with Crippen LogP contribution in [0.1, 0.15) is 18.1 Å². The zero-order chi connectivity index (χ0) is 20.8. The van der Waals surface area contributed by atoms with Crippen LogP contribution in [0.4, 0.5) is 5.69 Å². The van der Waals surface area contributed by atoms with E-state index in [-0.39, 0.29) is 11.7 Å². The van der Waals surface area contributed by atoms with Gasteiger partial charge in [0.25, 0.3) is 0 Å². The van der Waals surface area contributed by atoms with Crippen molar-refractivity contribution >= 4 is 39.3 Å². The van der Waals surface area contributed by atoms with Crippen molar-refractivity contribution in [2.75, 3.05) is 11.1 Å². The Hall–Kier alpha value is -2.38. The third-order valence-electron chi connectivity index (χ3n) is 4.47. The minimum absolute atomic E-state index is 0.0580. The number of hydrogen-bond donors (Lipinski definition) is 1. The van der Waals surface area contributed by atoms with Crippen LogP contribution in [-0.2, 0) is 17.8 Å². The maximum atomic E-state index is 12.6. The molecule has 7 heteroatoms. The highest BCUT2D eigenvalue weighted by atomic mass is 79.9. The third-order valence-corrected chi connectivity index (χ3v) is 5.96. The Morgan fingerprint density at radius 1 is 1.24 bits per heavy atom. The van der Waals surface area contributed by atoms with E-state index in [0.717, 1.165) is 39.1 Å². The molecule has 1 N–H and O–H groups in total. The fraction of sp³-hybridized carbons (Fsp3) is 0.227. The Balaban J connectivity index is 1.74. The average Bonchev–Trinajstić information content (AvgIpc) is 3.11. The van der Waals surface area contributed by atoms with E-state index in [9.17, 15) is 4.79 Å². The van der Waals surface area contributed by atoms with Crippen LogP contribution in [-0.4, -0.2) is 26.4 Å². The summed E-state index contributed by atoms with van der Waals surface area (Å²) in [4.78, 5) is 12.6. The minimum Gasteiger partial charge on any atom is -0.325 e. The first kappa shape index (κ1) is 21.3. The van der Waals surface area contributed by atoms with E-state index in [4.69, 9.17) is 0 Å². The summed E-state index contributed by atoms with van der Waals surface area (Å²) >= 11 is 4.82. The lowest BCUT2D eigenvalue weighted by molar-refractivity contribution is -0.113. The number of thioether (sulfide) groups is 1. The molecule has 0 unspecified atom stereocenters. The summed E-state index contributed by atoms with van der Waals surface area (Å²) in [5.74, 6) is 0.956. The van der Waals surface area contributed by atoms with Gasteiger partial charge in [-0.3, -0.25) is 9.36 Å². The molecule has 1 heterocycles. The van der Waals surface area contributed by atoms with Gasteiger partial charge >= 0.3 is 0 Å². The minimum atomic E-state index is -0.0580. The molecule has 1 amide bonds. The number of hydrogen-bond acceptors (Lipinski definition) is 4. The predicted molar refractivity (Wildman–Crippen MR) is 123 cm³/mol.